The summed E-state index contributed by atoms with van der Waals surface area (Å²) >= 11 is 0. The molecule has 4 rings (SSSR count). The molecule has 0 heterocycles. The maximum absolute atomic E-state index is 14.8. The van der Waals surface area contributed by atoms with Gasteiger partial charge in [-0.1, -0.05) is 50.1 Å². The molecule has 0 amide bonds. The maximum Gasteiger partial charge on any atom is 0.131 e. The first-order valence-electron chi connectivity index (χ1n) is 11.5. The maximum atomic E-state index is 14.8. The Kier molecular flexibility index (Phi) is 6.19. The van der Waals surface area contributed by atoms with Crippen LogP contribution in [0, 0.1) is 23.6 Å². The van der Waals surface area contributed by atoms with Gasteiger partial charge in [0.15, 0.2) is 0 Å². The summed E-state index contributed by atoms with van der Waals surface area (Å²) in [6, 6.07) is 10.5. The molecule has 0 aromatic heterocycles. The largest absolute Gasteiger partial charge is 0.206 e. The minimum Gasteiger partial charge on any atom is -0.206 e. The lowest BCUT2D eigenvalue weighted by molar-refractivity contribution is 0.116. The number of hydrogen-bond acceptors (Lipinski definition) is 0. The molecule has 0 saturated heterocycles. The minimum atomic E-state index is -0.0491. The third-order valence-corrected chi connectivity index (χ3v) is 7.59. The van der Waals surface area contributed by atoms with Gasteiger partial charge in [0.05, 0.1) is 0 Å². The number of fused-ring (bicyclic) bond motifs is 2. The standard InChI is InChI=1S/C27H35F/c1-3-5-6-7-20-15-25-13-12-24(18-26(25)27(28)16-20)23-11-10-21-14-19(4-2)8-9-22(21)17-23/h3,5,12-13,15-16,18-19,21-23H,4,6-11,14,17H2,1-2H3/b5-3+. The van der Waals surface area contributed by atoms with Crippen LogP contribution < -0.4 is 0 Å². The van der Waals surface area contributed by atoms with Crippen LogP contribution in [-0.2, 0) is 6.42 Å². The van der Waals surface area contributed by atoms with E-state index in [1.807, 2.05) is 6.92 Å². The second kappa shape index (κ2) is 8.80. The molecule has 2 aromatic carbocycles. The molecule has 0 aliphatic heterocycles. The molecule has 0 bridgehead atoms. The lowest BCUT2D eigenvalue weighted by Gasteiger charge is -2.42. The van der Waals surface area contributed by atoms with Crippen LogP contribution in [-0.4, -0.2) is 0 Å². The first-order chi connectivity index (χ1) is 13.7. The SMILES string of the molecule is C/C=C/CCc1cc(F)c2cc(C3CCC4CC(CC)CCC4C3)ccc2c1. The Morgan fingerprint density at radius 3 is 2.64 bits per heavy atom. The van der Waals surface area contributed by atoms with Crippen LogP contribution in [0.5, 0.6) is 0 Å². The molecule has 4 atom stereocenters. The fraction of sp³-hybridized carbons (Fsp3) is 0.556. The van der Waals surface area contributed by atoms with E-state index in [-0.39, 0.29) is 5.82 Å². The van der Waals surface area contributed by atoms with Crippen LogP contribution >= 0.6 is 0 Å². The van der Waals surface area contributed by atoms with E-state index in [9.17, 15) is 4.39 Å². The Hall–Kier alpha value is -1.63. The summed E-state index contributed by atoms with van der Waals surface area (Å²) in [6.45, 7) is 4.39. The average Bonchev–Trinajstić information content (AvgIpc) is 2.73. The van der Waals surface area contributed by atoms with Gasteiger partial charge in [-0.05, 0) is 104 Å². The Morgan fingerprint density at radius 1 is 1.00 bits per heavy atom. The van der Waals surface area contributed by atoms with Crippen molar-refractivity contribution in [2.75, 3.05) is 0 Å². The highest BCUT2D eigenvalue weighted by Gasteiger charge is 2.35. The van der Waals surface area contributed by atoms with Crippen molar-refractivity contribution in [1.82, 2.24) is 0 Å². The highest BCUT2D eigenvalue weighted by Crippen LogP contribution is 2.48. The van der Waals surface area contributed by atoms with Gasteiger partial charge in [-0.2, -0.15) is 0 Å². The molecule has 0 radical (unpaired) electrons. The number of rotatable bonds is 5. The quantitative estimate of drug-likeness (QED) is 0.460. The second-order valence-electron chi connectivity index (χ2n) is 9.28. The molecule has 0 nitrogen and oxygen atoms in total. The first kappa shape index (κ1) is 19.7. The van der Waals surface area contributed by atoms with E-state index in [0.717, 1.165) is 46.9 Å². The first-order valence-corrected chi connectivity index (χ1v) is 11.5. The molecular formula is C27H35F. The van der Waals surface area contributed by atoms with Crippen molar-refractivity contribution in [3.8, 4) is 0 Å². The number of benzene rings is 2. The molecule has 2 aromatic rings. The monoisotopic (exact) mass is 378 g/mol. The number of halogens is 1. The fourth-order valence-electron chi connectivity index (χ4n) is 5.86. The van der Waals surface area contributed by atoms with E-state index in [1.54, 1.807) is 6.07 Å². The zero-order valence-corrected chi connectivity index (χ0v) is 17.6. The van der Waals surface area contributed by atoms with Gasteiger partial charge in [0.2, 0.25) is 0 Å². The smallest absolute Gasteiger partial charge is 0.131 e. The van der Waals surface area contributed by atoms with Crippen LogP contribution in [0.3, 0.4) is 0 Å². The van der Waals surface area contributed by atoms with Crippen molar-refractivity contribution in [1.29, 1.82) is 0 Å². The molecule has 1 heteroatoms. The van der Waals surface area contributed by atoms with Crippen molar-refractivity contribution in [3.05, 3.63) is 59.4 Å². The van der Waals surface area contributed by atoms with Crippen molar-refractivity contribution in [2.24, 2.45) is 17.8 Å². The Labute approximate surface area is 170 Å². The molecule has 150 valence electrons. The molecule has 2 aliphatic rings. The number of hydrogen-bond donors (Lipinski definition) is 0. The molecule has 2 saturated carbocycles. The zero-order valence-electron chi connectivity index (χ0n) is 17.6. The van der Waals surface area contributed by atoms with E-state index < -0.39 is 0 Å². The summed E-state index contributed by atoms with van der Waals surface area (Å²) in [5.74, 6) is 3.39. The van der Waals surface area contributed by atoms with Crippen molar-refractivity contribution in [2.45, 2.75) is 77.6 Å². The third-order valence-electron chi connectivity index (χ3n) is 7.59. The van der Waals surface area contributed by atoms with Gasteiger partial charge in [0.1, 0.15) is 5.82 Å². The van der Waals surface area contributed by atoms with E-state index in [0.29, 0.717) is 5.92 Å². The van der Waals surface area contributed by atoms with Gasteiger partial charge in [0, 0.05) is 5.39 Å². The molecule has 4 unspecified atom stereocenters. The summed E-state index contributed by atoms with van der Waals surface area (Å²) < 4.78 is 14.8. The molecule has 28 heavy (non-hydrogen) atoms. The van der Waals surface area contributed by atoms with Crippen LogP contribution in [0.1, 0.15) is 82.3 Å². The van der Waals surface area contributed by atoms with E-state index in [4.69, 9.17) is 0 Å². The molecule has 2 aliphatic carbocycles. The normalized spacial score (nSPS) is 28.0. The van der Waals surface area contributed by atoms with Gasteiger partial charge >= 0.3 is 0 Å². The second-order valence-corrected chi connectivity index (χ2v) is 9.28. The Balaban J connectivity index is 1.50. The van der Waals surface area contributed by atoms with Gasteiger partial charge in [-0.15, -0.1) is 0 Å². The van der Waals surface area contributed by atoms with Crippen molar-refractivity contribution < 1.29 is 4.39 Å². The van der Waals surface area contributed by atoms with E-state index in [1.165, 1.54) is 50.5 Å². The van der Waals surface area contributed by atoms with Gasteiger partial charge in [0.25, 0.3) is 0 Å². The fourth-order valence-corrected chi connectivity index (χ4v) is 5.86. The highest BCUT2D eigenvalue weighted by molar-refractivity contribution is 5.84. The summed E-state index contributed by atoms with van der Waals surface area (Å²) in [5, 5.41) is 1.86. The Bertz CT molecular complexity index is 834. The zero-order chi connectivity index (χ0) is 19.5. The number of allylic oxidation sites excluding steroid dienone is 2. The predicted molar refractivity (Wildman–Crippen MR) is 118 cm³/mol. The molecule has 0 spiro atoms. The number of aryl methyl sites for hydroxylation is 1. The minimum absolute atomic E-state index is 0.0491. The summed E-state index contributed by atoms with van der Waals surface area (Å²) in [5.41, 5.74) is 2.47. The molecule has 0 N–H and O–H groups in total. The van der Waals surface area contributed by atoms with Crippen LogP contribution in [0.25, 0.3) is 10.8 Å². The summed E-state index contributed by atoms with van der Waals surface area (Å²) in [4.78, 5) is 0. The highest BCUT2D eigenvalue weighted by atomic mass is 19.1. The van der Waals surface area contributed by atoms with Crippen LogP contribution in [0.2, 0.25) is 0 Å². The van der Waals surface area contributed by atoms with Crippen LogP contribution in [0.15, 0.2) is 42.5 Å². The van der Waals surface area contributed by atoms with Gasteiger partial charge < -0.3 is 0 Å². The summed E-state index contributed by atoms with van der Waals surface area (Å²) in [7, 11) is 0. The predicted octanol–water partition coefficient (Wildman–Crippen LogP) is 8.20. The Morgan fingerprint density at radius 2 is 1.82 bits per heavy atom. The average molecular weight is 379 g/mol. The van der Waals surface area contributed by atoms with Gasteiger partial charge in [-0.3, -0.25) is 0 Å². The lowest BCUT2D eigenvalue weighted by atomic mass is 9.63. The van der Waals surface area contributed by atoms with Gasteiger partial charge in [-0.25, -0.2) is 4.39 Å². The summed E-state index contributed by atoms with van der Waals surface area (Å²) in [6.07, 6.45) is 15.7. The van der Waals surface area contributed by atoms with Crippen LogP contribution in [0.4, 0.5) is 4.39 Å². The molecule has 2 fully saturated rings. The van der Waals surface area contributed by atoms with Crippen molar-refractivity contribution in [3.63, 3.8) is 0 Å². The van der Waals surface area contributed by atoms with Crippen molar-refractivity contribution >= 4 is 10.8 Å². The van der Waals surface area contributed by atoms with E-state index >= 15 is 0 Å². The lowest BCUT2D eigenvalue weighted by Crippen LogP contribution is -2.30. The molecular weight excluding hydrogens is 343 g/mol. The third kappa shape index (κ3) is 4.19. The van der Waals surface area contributed by atoms with E-state index in [2.05, 4.69) is 43.3 Å². The topological polar surface area (TPSA) is 0 Å².